The third-order valence-corrected chi connectivity index (χ3v) is 7.36. The lowest BCUT2D eigenvalue weighted by Gasteiger charge is -2.27. The highest BCUT2D eigenvalue weighted by molar-refractivity contribution is 7.12. The van der Waals surface area contributed by atoms with E-state index < -0.39 is 23.5 Å². The molecule has 5 rings (SSSR count). The van der Waals surface area contributed by atoms with E-state index in [9.17, 15) is 19.8 Å². The normalized spacial score (nSPS) is 15.6. The number of ketones is 1. The topological polar surface area (TPSA) is 112 Å². The van der Waals surface area contributed by atoms with E-state index in [1.165, 1.54) is 22.3 Å². The summed E-state index contributed by atoms with van der Waals surface area (Å²) in [6.45, 7) is 2.37. The molecule has 190 valence electrons. The van der Waals surface area contributed by atoms with E-state index in [0.717, 1.165) is 22.2 Å². The van der Waals surface area contributed by atoms with Crippen LogP contribution in [0.1, 0.15) is 33.8 Å². The maximum atomic E-state index is 13.5. The molecule has 0 spiro atoms. The van der Waals surface area contributed by atoms with Gasteiger partial charge >= 0.3 is 0 Å². The van der Waals surface area contributed by atoms with Crippen molar-refractivity contribution in [3.05, 3.63) is 87.4 Å². The first-order chi connectivity index (χ1) is 17.9. The number of aromatic nitrogens is 1. The van der Waals surface area contributed by atoms with Gasteiger partial charge < -0.3 is 29.6 Å². The number of hydrogen-bond acceptors (Lipinski definition) is 7. The van der Waals surface area contributed by atoms with Gasteiger partial charge in [0.2, 0.25) is 5.78 Å². The number of amides is 1. The molecule has 3 N–H and O–H groups in total. The SMILES string of the molecule is CCOc1cc(C2C(C(=O)c3cccs3)=C(O)C(=O)N2CCc2c[nH]c3ccc(OC)cc23)ccc1O. The fraction of sp³-hybridized carbons (Fsp3) is 0.214. The van der Waals surface area contributed by atoms with Crippen LogP contribution in [0.4, 0.5) is 0 Å². The monoisotopic (exact) mass is 518 g/mol. The predicted octanol–water partition coefficient (Wildman–Crippen LogP) is 5.16. The minimum Gasteiger partial charge on any atom is -0.504 e. The highest BCUT2D eigenvalue weighted by Crippen LogP contribution is 2.42. The molecule has 2 aromatic carbocycles. The minimum atomic E-state index is -0.846. The van der Waals surface area contributed by atoms with E-state index in [-0.39, 0.29) is 23.6 Å². The largest absolute Gasteiger partial charge is 0.504 e. The Labute approximate surface area is 217 Å². The van der Waals surface area contributed by atoms with Gasteiger partial charge in [0.15, 0.2) is 17.3 Å². The Kier molecular flexibility index (Phi) is 6.62. The van der Waals surface area contributed by atoms with E-state index in [2.05, 4.69) is 4.98 Å². The van der Waals surface area contributed by atoms with Crippen LogP contribution in [0.25, 0.3) is 10.9 Å². The Hall–Kier alpha value is -4.24. The maximum absolute atomic E-state index is 13.5. The summed E-state index contributed by atoms with van der Waals surface area (Å²) in [5, 5.41) is 23.9. The quantitative estimate of drug-likeness (QED) is 0.264. The average molecular weight is 519 g/mol. The number of phenols is 1. The number of Topliss-reactive ketones (excluding diaryl/α,β-unsaturated/α-hetero) is 1. The molecule has 3 heterocycles. The van der Waals surface area contributed by atoms with E-state index in [4.69, 9.17) is 9.47 Å². The van der Waals surface area contributed by atoms with E-state index in [1.807, 2.05) is 24.4 Å². The zero-order valence-corrected chi connectivity index (χ0v) is 21.2. The Morgan fingerprint density at radius 1 is 1.16 bits per heavy atom. The molecule has 0 radical (unpaired) electrons. The standard InChI is InChI=1S/C28H26N2O6S/c1-3-36-22-13-16(6-9-21(22)31)25-24(26(32)23-5-4-12-37-23)27(33)28(34)30(25)11-10-17-15-29-20-8-7-18(35-2)14-19(17)20/h4-9,12-15,25,29,31,33H,3,10-11H2,1-2H3. The van der Waals surface area contributed by atoms with Crippen molar-refractivity contribution in [3.8, 4) is 17.2 Å². The molecule has 0 fully saturated rings. The number of benzene rings is 2. The number of carbonyl (C=O) groups is 2. The number of aliphatic hydroxyl groups is 1. The van der Waals surface area contributed by atoms with Crippen molar-refractivity contribution in [2.24, 2.45) is 0 Å². The van der Waals surface area contributed by atoms with Gasteiger partial charge in [0.05, 0.1) is 30.2 Å². The molecule has 37 heavy (non-hydrogen) atoms. The van der Waals surface area contributed by atoms with Gasteiger partial charge in [-0.05, 0) is 66.2 Å². The summed E-state index contributed by atoms with van der Waals surface area (Å²) in [4.78, 5) is 32.0. The highest BCUT2D eigenvalue weighted by atomic mass is 32.1. The number of H-pyrrole nitrogens is 1. The second-order valence-corrected chi connectivity index (χ2v) is 9.55. The van der Waals surface area contributed by atoms with Crippen molar-refractivity contribution < 1.29 is 29.3 Å². The van der Waals surface area contributed by atoms with Crippen molar-refractivity contribution >= 4 is 33.9 Å². The van der Waals surface area contributed by atoms with Crippen molar-refractivity contribution in [1.82, 2.24) is 9.88 Å². The van der Waals surface area contributed by atoms with Gasteiger partial charge in [-0.25, -0.2) is 0 Å². The van der Waals surface area contributed by atoms with Crippen LogP contribution in [0.5, 0.6) is 17.2 Å². The predicted molar refractivity (Wildman–Crippen MR) is 141 cm³/mol. The van der Waals surface area contributed by atoms with Crippen molar-refractivity contribution in [1.29, 1.82) is 0 Å². The van der Waals surface area contributed by atoms with Gasteiger partial charge in [0.25, 0.3) is 5.91 Å². The lowest BCUT2D eigenvalue weighted by molar-refractivity contribution is -0.129. The molecule has 0 aliphatic carbocycles. The van der Waals surface area contributed by atoms with Crippen LogP contribution in [0.3, 0.4) is 0 Å². The zero-order valence-electron chi connectivity index (χ0n) is 20.4. The molecule has 0 bridgehead atoms. The fourth-order valence-electron chi connectivity index (χ4n) is 4.71. The van der Waals surface area contributed by atoms with Gasteiger partial charge in [0, 0.05) is 23.6 Å². The van der Waals surface area contributed by atoms with E-state index in [1.54, 1.807) is 43.7 Å². The Morgan fingerprint density at radius 2 is 2.00 bits per heavy atom. The number of thiophene rings is 1. The molecule has 1 atom stereocenters. The summed E-state index contributed by atoms with van der Waals surface area (Å²) in [7, 11) is 1.61. The second kappa shape index (κ2) is 10.0. The number of hydrogen-bond donors (Lipinski definition) is 3. The van der Waals surface area contributed by atoms with Crippen LogP contribution < -0.4 is 9.47 Å². The Balaban J connectivity index is 1.53. The smallest absolute Gasteiger partial charge is 0.290 e. The number of carbonyl (C=O) groups excluding carboxylic acids is 2. The second-order valence-electron chi connectivity index (χ2n) is 8.61. The minimum absolute atomic E-state index is 0.0150. The number of aromatic hydroxyl groups is 1. The molecule has 1 unspecified atom stereocenters. The van der Waals surface area contributed by atoms with Crippen molar-refractivity contribution in [2.75, 3.05) is 20.3 Å². The van der Waals surface area contributed by atoms with Crippen LogP contribution in [0, 0.1) is 0 Å². The number of methoxy groups -OCH3 is 1. The van der Waals surface area contributed by atoms with Crippen LogP contribution >= 0.6 is 11.3 Å². The molecular formula is C28H26N2O6S. The average Bonchev–Trinajstić information content (AvgIpc) is 3.63. The van der Waals surface area contributed by atoms with Gasteiger partial charge in [-0.1, -0.05) is 12.1 Å². The molecule has 0 saturated carbocycles. The van der Waals surface area contributed by atoms with Crippen molar-refractivity contribution in [2.45, 2.75) is 19.4 Å². The number of nitrogens with one attached hydrogen (secondary N) is 1. The summed E-state index contributed by atoms with van der Waals surface area (Å²) in [6.07, 6.45) is 2.36. The van der Waals surface area contributed by atoms with Crippen LogP contribution in [0.15, 0.2) is 71.4 Å². The number of nitrogens with zero attached hydrogens (tertiary/aromatic N) is 1. The summed E-state index contributed by atoms with van der Waals surface area (Å²) in [5.74, 6) is -0.669. The zero-order chi connectivity index (χ0) is 26.1. The first-order valence-electron chi connectivity index (χ1n) is 11.8. The Bertz CT molecular complexity index is 1500. The van der Waals surface area contributed by atoms with Crippen LogP contribution in [-0.2, 0) is 11.2 Å². The number of aliphatic hydroxyl groups excluding tert-OH is 1. The summed E-state index contributed by atoms with van der Waals surface area (Å²) in [6, 6.07) is 13.0. The van der Waals surface area contributed by atoms with E-state index >= 15 is 0 Å². The molecule has 8 nitrogen and oxygen atoms in total. The summed E-state index contributed by atoms with van der Waals surface area (Å²) >= 11 is 1.24. The first kappa shape index (κ1) is 24.5. The van der Waals surface area contributed by atoms with Gasteiger partial charge in [0.1, 0.15) is 5.75 Å². The maximum Gasteiger partial charge on any atom is 0.290 e. The van der Waals surface area contributed by atoms with Gasteiger partial charge in [-0.3, -0.25) is 9.59 Å². The number of ether oxygens (including phenoxy) is 2. The Morgan fingerprint density at radius 3 is 2.73 bits per heavy atom. The third kappa shape index (κ3) is 4.42. The van der Waals surface area contributed by atoms with Gasteiger partial charge in [-0.2, -0.15) is 0 Å². The molecule has 0 saturated heterocycles. The molecule has 1 aliphatic heterocycles. The number of phenolic OH excluding ortho intramolecular Hbond substituents is 1. The van der Waals surface area contributed by atoms with E-state index in [0.29, 0.717) is 23.5 Å². The lowest BCUT2D eigenvalue weighted by atomic mass is 9.95. The summed E-state index contributed by atoms with van der Waals surface area (Å²) < 4.78 is 10.9. The molecule has 1 amide bonds. The molecule has 9 heteroatoms. The molecule has 1 aliphatic rings. The van der Waals surface area contributed by atoms with Crippen LogP contribution in [0.2, 0.25) is 0 Å². The van der Waals surface area contributed by atoms with Gasteiger partial charge in [-0.15, -0.1) is 11.3 Å². The number of rotatable bonds is 9. The fourth-order valence-corrected chi connectivity index (χ4v) is 5.39. The first-order valence-corrected chi connectivity index (χ1v) is 12.7. The van der Waals surface area contributed by atoms with Crippen LogP contribution in [-0.4, -0.2) is 52.0 Å². The number of fused-ring (bicyclic) bond motifs is 1. The molecular weight excluding hydrogens is 492 g/mol. The number of aromatic amines is 1. The highest BCUT2D eigenvalue weighted by Gasteiger charge is 2.44. The lowest BCUT2D eigenvalue weighted by Crippen LogP contribution is -2.33. The van der Waals surface area contributed by atoms with Crippen molar-refractivity contribution in [3.63, 3.8) is 0 Å². The summed E-state index contributed by atoms with van der Waals surface area (Å²) in [5.41, 5.74) is 2.48. The molecule has 2 aromatic heterocycles. The molecule has 4 aromatic rings. The third-order valence-electron chi connectivity index (χ3n) is 6.49.